The van der Waals surface area contributed by atoms with Crippen molar-refractivity contribution in [1.29, 1.82) is 0 Å². The molecule has 3 aromatic carbocycles. The van der Waals surface area contributed by atoms with Gasteiger partial charge in [-0.2, -0.15) is 0 Å². The number of piperidine rings is 1. The van der Waals surface area contributed by atoms with Gasteiger partial charge in [0.1, 0.15) is 0 Å². The zero-order chi connectivity index (χ0) is 24.1. The number of carbonyl (C=O) groups excluding carboxylic acids is 1. The van der Waals surface area contributed by atoms with Crippen LogP contribution < -0.4 is 5.32 Å². The van der Waals surface area contributed by atoms with Gasteiger partial charge in [-0.15, -0.1) is 0 Å². The Morgan fingerprint density at radius 3 is 2.15 bits per heavy atom. The van der Waals surface area contributed by atoms with Gasteiger partial charge in [-0.25, -0.2) is 12.7 Å². The van der Waals surface area contributed by atoms with Crippen molar-refractivity contribution in [2.75, 3.05) is 13.1 Å². The van der Waals surface area contributed by atoms with Crippen molar-refractivity contribution in [3.63, 3.8) is 0 Å². The highest BCUT2D eigenvalue weighted by Crippen LogP contribution is 2.27. The second-order valence-corrected chi connectivity index (χ2v) is 11.2. The minimum absolute atomic E-state index is 0.146. The number of nitrogens with zero attached hydrogens (tertiary/aromatic N) is 1. The van der Waals surface area contributed by atoms with Crippen LogP contribution in [0.15, 0.2) is 78.9 Å². The van der Waals surface area contributed by atoms with Crippen LogP contribution in [0.3, 0.4) is 0 Å². The van der Waals surface area contributed by atoms with E-state index in [-0.39, 0.29) is 24.2 Å². The zero-order valence-corrected chi connectivity index (χ0v) is 20.9. The molecule has 1 aliphatic rings. The third kappa shape index (κ3) is 5.99. The summed E-state index contributed by atoms with van der Waals surface area (Å²) in [4.78, 5) is 13.3. The van der Waals surface area contributed by atoms with Crippen LogP contribution in [0.2, 0.25) is 10.0 Å². The summed E-state index contributed by atoms with van der Waals surface area (Å²) in [6.45, 7) is 0.556. The highest BCUT2D eigenvalue weighted by Gasteiger charge is 2.33. The molecule has 5 nitrogen and oxygen atoms in total. The molecule has 0 aliphatic carbocycles. The summed E-state index contributed by atoms with van der Waals surface area (Å²) < 4.78 is 27.6. The lowest BCUT2D eigenvalue weighted by Crippen LogP contribution is -2.46. The highest BCUT2D eigenvalue weighted by molar-refractivity contribution is 7.88. The van der Waals surface area contributed by atoms with Crippen LogP contribution >= 0.6 is 23.2 Å². The van der Waals surface area contributed by atoms with Crippen LogP contribution in [0.1, 0.15) is 35.6 Å². The second-order valence-electron chi connectivity index (χ2n) is 8.46. The SMILES string of the molecule is O=C(NC(c1ccccc1)c1ccccc1)[C@@H]1CCCN(S(=O)(=O)Cc2ccc(Cl)c(Cl)c2)C1. The predicted molar refractivity (Wildman–Crippen MR) is 136 cm³/mol. The van der Waals surface area contributed by atoms with Gasteiger partial charge < -0.3 is 5.32 Å². The molecular formula is C26H26Cl2N2O3S. The number of amides is 1. The molecule has 1 saturated heterocycles. The van der Waals surface area contributed by atoms with E-state index in [1.165, 1.54) is 4.31 Å². The lowest BCUT2D eigenvalue weighted by atomic mass is 9.95. The Bertz CT molecular complexity index is 1200. The number of benzene rings is 3. The van der Waals surface area contributed by atoms with Crippen LogP contribution in [0, 0.1) is 5.92 Å². The first kappa shape index (κ1) is 24.7. The molecule has 8 heteroatoms. The fourth-order valence-electron chi connectivity index (χ4n) is 4.25. The standard InChI is InChI=1S/C26H26Cl2N2O3S/c27-23-14-13-19(16-24(23)28)18-34(32,33)30-15-7-12-22(17-30)26(31)29-25(20-8-3-1-4-9-20)21-10-5-2-6-11-21/h1-6,8-11,13-14,16,22,25H,7,12,15,17-18H2,(H,29,31)/t22-/m1/s1. The third-order valence-electron chi connectivity index (χ3n) is 6.03. The lowest BCUT2D eigenvalue weighted by molar-refractivity contribution is -0.126. The molecule has 0 aromatic heterocycles. The molecule has 4 rings (SSSR count). The van der Waals surface area contributed by atoms with Gasteiger partial charge in [0.15, 0.2) is 0 Å². The first-order valence-corrected chi connectivity index (χ1v) is 13.5. The monoisotopic (exact) mass is 516 g/mol. The van der Waals surface area contributed by atoms with Crippen molar-refractivity contribution in [1.82, 2.24) is 9.62 Å². The number of hydrogen-bond acceptors (Lipinski definition) is 3. The van der Waals surface area contributed by atoms with Crippen molar-refractivity contribution in [3.8, 4) is 0 Å². The molecule has 1 N–H and O–H groups in total. The molecule has 1 aliphatic heterocycles. The maximum Gasteiger partial charge on any atom is 0.225 e. The van der Waals surface area contributed by atoms with E-state index in [0.29, 0.717) is 35.0 Å². The van der Waals surface area contributed by atoms with Gasteiger partial charge in [-0.05, 0) is 41.7 Å². The smallest absolute Gasteiger partial charge is 0.225 e. The van der Waals surface area contributed by atoms with E-state index >= 15 is 0 Å². The van der Waals surface area contributed by atoms with Crippen LogP contribution in [-0.4, -0.2) is 31.7 Å². The van der Waals surface area contributed by atoms with Crippen LogP contribution in [-0.2, 0) is 20.6 Å². The van der Waals surface area contributed by atoms with Gasteiger partial charge in [-0.3, -0.25) is 4.79 Å². The predicted octanol–water partition coefficient (Wildman–Crippen LogP) is 5.44. The van der Waals surface area contributed by atoms with Gasteiger partial charge in [0.2, 0.25) is 15.9 Å². The Kier molecular flexibility index (Phi) is 7.94. The van der Waals surface area contributed by atoms with Gasteiger partial charge in [0.05, 0.1) is 27.8 Å². The topological polar surface area (TPSA) is 66.5 Å². The molecule has 0 unspecified atom stereocenters. The van der Waals surface area contributed by atoms with Crippen molar-refractivity contribution in [2.24, 2.45) is 5.92 Å². The first-order valence-electron chi connectivity index (χ1n) is 11.2. The number of carbonyl (C=O) groups is 1. The molecule has 1 fully saturated rings. The van der Waals surface area contributed by atoms with E-state index in [9.17, 15) is 13.2 Å². The van der Waals surface area contributed by atoms with Crippen LogP contribution in [0.25, 0.3) is 0 Å². The van der Waals surface area contributed by atoms with Gasteiger partial charge >= 0.3 is 0 Å². The zero-order valence-electron chi connectivity index (χ0n) is 18.5. The third-order valence-corrected chi connectivity index (χ3v) is 8.59. The number of rotatable bonds is 7. The van der Waals surface area contributed by atoms with E-state index in [1.807, 2.05) is 60.7 Å². The molecule has 0 spiro atoms. The molecule has 1 atom stereocenters. The van der Waals surface area contributed by atoms with Crippen molar-refractivity contribution in [3.05, 3.63) is 106 Å². The van der Waals surface area contributed by atoms with E-state index in [2.05, 4.69) is 5.32 Å². The first-order chi connectivity index (χ1) is 16.3. The molecule has 0 radical (unpaired) electrons. The quantitative estimate of drug-likeness (QED) is 0.454. The fourth-order valence-corrected chi connectivity index (χ4v) is 6.17. The lowest BCUT2D eigenvalue weighted by Gasteiger charge is -2.32. The molecule has 3 aromatic rings. The number of hydrogen-bond donors (Lipinski definition) is 1. The molecule has 1 heterocycles. The van der Waals surface area contributed by atoms with Gasteiger partial charge in [0, 0.05) is 13.1 Å². The number of sulfonamides is 1. The number of nitrogens with one attached hydrogen (secondary N) is 1. The highest BCUT2D eigenvalue weighted by atomic mass is 35.5. The summed E-state index contributed by atoms with van der Waals surface area (Å²) in [5.41, 5.74) is 2.51. The largest absolute Gasteiger partial charge is 0.345 e. The van der Waals surface area contributed by atoms with Crippen molar-refractivity contribution >= 4 is 39.1 Å². The second kappa shape index (κ2) is 10.9. The van der Waals surface area contributed by atoms with E-state index < -0.39 is 15.9 Å². The number of halogens is 2. The minimum atomic E-state index is -3.61. The Hall–Kier alpha value is -2.38. The van der Waals surface area contributed by atoms with Gasteiger partial charge in [-0.1, -0.05) is 89.9 Å². The van der Waals surface area contributed by atoms with E-state index in [4.69, 9.17) is 23.2 Å². The van der Waals surface area contributed by atoms with Crippen molar-refractivity contribution in [2.45, 2.75) is 24.6 Å². The Balaban J connectivity index is 1.48. The van der Waals surface area contributed by atoms with E-state index in [0.717, 1.165) is 11.1 Å². The van der Waals surface area contributed by atoms with E-state index in [1.54, 1.807) is 18.2 Å². The summed E-state index contributed by atoms with van der Waals surface area (Å²) in [6.07, 6.45) is 1.26. The normalized spacial score (nSPS) is 17.0. The molecular weight excluding hydrogens is 491 g/mol. The molecule has 0 bridgehead atoms. The maximum absolute atomic E-state index is 13.3. The summed E-state index contributed by atoms with van der Waals surface area (Å²) in [5.74, 6) is -0.756. The Morgan fingerprint density at radius 2 is 1.56 bits per heavy atom. The molecule has 0 saturated carbocycles. The minimum Gasteiger partial charge on any atom is -0.345 e. The Labute approximate surface area is 210 Å². The maximum atomic E-state index is 13.3. The molecule has 34 heavy (non-hydrogen) atoms. The average Bonchev–Trinajstić information content (AvgIpc) is 2.85. The summed E-state index contributed by atoms with van der Waals surface area (Å²) >= 11 is 12.0. The van der Waals surface area contributed by atoms with Gasteiger partial charge in [0.25, 0.3) is 0 Å². The van der Waals surface area contributed by atoms with Crippen LogP contribution in [0.5, 0.6) is 0 Å². The Morgan fingerprint density at radius 1 is 0.941 bits per heavy atom. The fraction of sp³-hybridized carbons (Fsp3) is 0.269. The average molecular weight is 517 g/mol. The summed E-state index contributed by atoms with van der Waals surface area (Å²) in [7, 11) is -3.61. The van der Waals surface area contributed by atoms with Crippen LogP contribution in [0.4, 0.5) is 0 Å². The summed E-state index contributed by atoms with van der Waals surface area (Å²) in [6, 6.07) is 24.1. The molecule has 1 amide bonds. The van der Waals surface area contributed by atoms with Crippen molar-refractivity contribution < 1.29 is 13.2 Å². The summed E-state index contributed by atoms with van der Waals surface area (Å²) in [5, 5.41) is 3.86. The molecule has 178 valence electrons.